The van der Waals surface area contributed by atoms with Gasteiger partial charge in [-0.05, 0) is 36.0 Å². The molecule has 0 heterocycles. The van der Waals surface area contributed by atoms with Gasteiger partial charge in [0.05, 0.1) is 12.2 Å². The van der Waals surface area contributed by atoms with Crippen molar-refractivity contribution in [1.82, 2.24) is 5.32 Å². The van der Waals surface area contributed by atoms with E-state index in [2.05, 4.69) is 21.2 Å². The lowest BCUT2D eigenvalue weighted by Gasteiger charge is -2.12. The molecule has 2 aromatic rings. The predicted octanol–water partition coefficient (Wildman–Crippen LogP) is 3.04. The zero-order valence-corrected chi connectivity index (χ0v) is 14.1. The number of carbonyl (C=O) groups excluding carboxylic acids is 1. The van der Waals surface area contributed by atoms with Gasteiger partial charge in [-0.2, -0.15) is 0 Å². The molecule has 0 bridgehead atoms. The molecule has 0 aliphatic carbocycles. The van der Waals surface area contributed by atoms with Crippen LogP contribution in [-0.4, -0.2) is 17.6 Å². The fourth-order valence-corrected chi connectivity index (χ4v) is 2.36. The Morgan fingerprint density at radius 2 is 1.95 bits per heavy atom. The second-order valence-electron chi connectivity index (χ2n) is 4.54. The van der Waals surface area contributed by atoms with Gasteiger partial charge < -0.3 is 10.5 Å². The van der Waals surface area contributed by atoms with E-state index in [0.717, 1.165) is 10.9 Å². The van der Waals surface area contributed by atoms with Crippen LogP contribution < -0.4 is 15.8 Å². The van der Waals surface area contributed by atoms with E-state index in [0.29, 0.717) is 17.9 Å². The molecular weight excluding hydrogens is 364 g/mol. The molecule has 0 unspecified atom stereocenters. The lowest BCUT2D eigenvalue weighted by Crippen LogP contribution is -2.35. The first kappa shape index (κ1) is 16.5. The van der Waals surface area contributed by atoms with Crippen molar-refractivity contribution in [3.63, 3.8) is 0 Å². The summed E-state index contributed by atoms with van der Waals surface area (Å²) in [5.41, 5.74) is 6.90. The van der Waals surface area contributed by atoms with Gasteiger partial charge in [0.1, 0.15) is 5.75 Å². The standard InChI is InChI=1S/C16H15BrN2O2S/c17-12-6-7-14(13(10-12)15(20)19-16(18)22)21-9-8-11-4-2-1-3-5-11/h1-7,10H,8-9H2,(H3,18,19,20,22). The van der Waals surface area contributed by atoms with Crippen molar-refractivity contribution < 1.29 is 9.53 Å². The number of hydrogen-bond donors (Lipinski definition) is 2. The van der Waals surface area contributed by atoms with E-state index in [1.807, 2.05) is 36.4 Å². The normalized spacial score (nSPS) is 10.0. The molecular formula is C16H15BrN2O2S. The summed E-state index contributed by atoms with van der Waals surface area (Å²) in [4.78, 5) is 12.1. The van der Waals surface area contributed by atoms with Crippen molar-refractivity contribution in [2.24, 2.45) is 5.73 Å². The van der Waals surface area contributed by atoms with Gasteiger partial charge in [0.25, 0.3) is 5.91 Å². The summed E-state index contributed by atoms with van der Waals surface area (Å²) in [6.07, 6.45) is 0.757. The van der Waals surface area contributed by atoms with Crippen LogP contribution >= 0.6 is 28.1 Å². The maximum absolute atomic E-state index is 12.1. The second kappa shape index (κ2) is 7.91. The first-order valence-electron chi connectivity index (χ1n) is 6.63. The summed E-state index contributed by atoms with van der Waals surface area (Å²) in [5, 5.41) is 2.34. The lowest BCUT2D eigenvalue weighted by molar-refractivity contribution is 0.0973. The maximum Gasteiger partial charge on any atom is 0.261 e. The highest BCUT2D eigenvalue weighted by atomic mass is 79.9. The quantitative estimate of drug-likeness (QED) is 0.784. The topological polar surface area (TPSA) is 64.3 Å². The molecule has 0 saturated heterocycles. The number of halogens is 1. The third kappa shape index (κ3) is 4.82. The van der Waals surface area contributed by atoms with Gasteiger partial charge in [0, 0.05) is 10.9 Å². The van der Waals surface area contributed by atoms with Gasteiger partial charge in [0.2, 0.25) is 0 Å². The summed E-state index contributed by atoms with van der Waals surface area (Å²) in [7, 11) is 0. The summed E-state index contributed by atoms with van der Waals surface area (Å²) in [5.74, 6) is 0.108. The number of thiocarbonyl (C=S) groups is 1. The highest BCUT2D eigenvalue weighted by molar-refractivity contribution is 9.10. The van der Waals surface area contributed by atoms with E-state index in [1.165, 1.54) is 5.56 Å². The Balaban J connectivity index is 2.06. The molecule has 2 rings (SSSR count). The summed E-state index contributed by atoms with van der Waals surface area (Å²) >= 11 is 8.03. The predicted molar refractivity (Wildman–Crippen MR) is 94.0 cm³/mol. The molecule has 0 aromatic heterocycles. The highest BCUT2D eigenvalue weighted by Gasteiger charge is 2.14. The monoisotopic (exact) mass is 378 g/mol. The molecule has 0 fully saturated rings. The third-order valence-corrected chi connectivity index (χ3v) is 3.51. The Labute approximate surface area is 142 Å². The van der Waals surface area contributed by atoms with Crippen LogP contribution in [-0.2, 0) is 6.42 Å². The van der Waals surface area contributed by atoms with Crippen molar-refractivity contribution in [2.45, 2.75) is 6.42 Å². The third-order valence-electron chi connectivity index (χ3n) is 2.91. The van der Waals surface area contributed by atoms with Crippen LogP contribution in [0.2, 0.25) is 0 Å². The van der Waals surface area contributed by atoms with Crippen molar-refractivity contribution in [3.05, 3.63) is 64.1 Å². The Morgan fingerprint density at radius 1 is 1.23 bits per heavy atom. The van der Waals surface area contributed by atoms with Crippen LogP contribution in [0.15, 0.2) is 53.0 Å². The molecule has 0 aliphatic rings. The van der Waals surface area contributed by atoms with Crippen LogP contribution in [0.3, 0.4) is 0 Å². The Kier molecular flexibility index (Phi) is 5.91. The van der Waals surface area contributed by atoms with Crippen molar-refractivity contribution in [1.29, 1.82) is 0 Å². The van der Waals surface area contributed by atoms with Gasteiger partial charge in [0.15, 0.2) is 5.11 Å². The van der Waals surface area contributed by atoms with Crippen molar-refractivity contribution >= 4 is 39.2 Å². The fourth-order valence-electron chi connectivity index (χ4n) is 1.91. The minimum absolute atomic E-state index is 0.0692. The molecule has 2 aromatic carbocycles. The van der Waals surface area contributed by atoms with E-state index in [-0.39, 0.29) is 11.0 Å². The van der Waals surface area contributed by atoms with E-state index in [9.17, 15) is 4.79 Å². The van der Waals surface area contributed by atoms with Crippen LogP contribution in [0.1, 0.15) is 15.9 Å². The molecule has 4 nitrogen and oxygen atoms in total. The number of rotatable bonds is 5. The molecule has 0 spiro atoms. The summed E-state index contributed by atoms with van der Waals surface area (Å²) < 4.78 is 6.51. The summed E-state index contributed by atoms with van der Waals surface area (Å²) in [6, 6.07) is 15.2. The minimum atomic E-state index is -0.386. The van der Waals surface area contributed by atoms with Gasteiger partial charge in [-0.3, -0.25) is 10.1 Å². The zero-order valence-electron chi connectivity index (χ0n) is 11.7. The molecule has 22 heavy (non-hydrogen) atoms. The largest absolute Gasteiger partial charge is 0.492 e. The fraction of sp³-hybridized carbons (Fsp3) is 0.125. The van der Waals surface area contributed by atoms with Gasteiger partial charge in [-0.25, -0.2) is 0 Å². The highest BCUT2D eigenvalue weighted by Crippen LogP contribution is 2.23. The Bertz CT molecular complexity index is 677. The number of carbonyl (C=O) groups is 1. The Hall–Kier alpha value is -1.92. The van der Waals surface area contributed by atoms with E-state index in [4.69, 9.17) is 22.7 Å². The van der Waals surface area contributed by atoms with Crippen molar-refractivity contribution in [2.75, 3.05) is 6.61 Å². The SMILES string of the molecule is NC(=S)NC(=O)c1cc(Br)ccc1OCCc1ccccc1. The molecule has 3 N–H and O–H groups in total. The maximum atomic E-state index is 12.1. The zero-order chi connectivity index (χ0) is 15.9. The Morgan fingerprint density at radius 3 is 2.64 bits per heavy atom. The van der Waals surface area contributed by atoms with Crippen LogP contribution in [0, 0.1) is 0 Å². The van der Waals surface area contributed by atoms with Crippen LogP contribution in [0.4, 0.5) is 0 Å². The molecule has 0 saturated carbocycles. The lowest BCUT2D eigenvalue weighted by atomic mass is 10.1. The van der Waals surface area contributed by atoms with Crippen molar-refractivity contribution in [3.8, 4) is 5.75 Å². The smallest absolute Gasteiger partial charge is 0.261 e. The molecule has 114 valence electrons. The van der Waals surface area contributed by atoms with E-state index in [1.54, 1.807) is 12.1 Å². The van der Waals surface area contributed by atoms with E-state index >= 15 is 0 Å². The molecule has 0 atom stereocenters. The van der Waals surface area contributed by atoms with E-state index < -0.39 is 0 Å². The average molecular weight is 379 g/mol. The second-order valence-corrected chi connectivity index (χ2v) is 5.90. The van der Waals surface area contributed by atoms with Gasteiger partial charge in [-0.15, -0.1) is 0 Å². The number of nitrogens with one attached hydrogen (secondary N) is 1. The van der Waals surface area contributed by atoms with Crippen LogP contribution in [0.5, 0.6) is 5.75 Å². The summed E-state index contributed by atoms with van der Waals surface area (Å²) in [6.45, 7) is 0.471. The number of ether oxygens (including phenoxy) is 1. The molecule has 1 amide bonds. The first-order valence-corrected chi connectivity index (χ1v) is 7.83. The molecule has 0 radical (unpaired) electrons. The number of amides is 1. The van der Waals surface area contributed by atoms with Gasteiger partial charge in [-0.1, -0.05) is 46.3 Å². The molecule has 6 heteroatoms. The first-order chi connectivity index (χ1) is 10.6. The number of hydrogen-bond acceptors (Lipinski definition) is 3. The molecule has 0 aliphatic heterocycles. The minimum Gasteiger partial charge on any atom is -0.492 e. The van der Waals surface area contributed by atoms with Crippen LogP contribution in [0.25, 0.3) is 0 Å². The van der Waals surface area contributed by atoms with Gasteiger partial charge >= 0.3 is 0 Å². The average Bonchev–Trinajstić information content (AvgIpc) is 2.49. The number of benzene rings is 2. The number of nitrogens with two attached hydrogens (primary N) is 1.